The van der Waals surface area contributed by atoms with E-state index in [-0.39, 0.29) is 0 Å². The predicted octanol–water partition coefficient (Wildman–Crippen LogP) is 6.24. The van der Waals surface area contributed by atoms with Crippen LogP contribution in [0.1, 0.15) is 81.9 Å². The molecule has 0 saturated carbocycles. The Morgan fingerprint density at radius 1 is 1.00 bits per heavy atom. The third-order valence-electron chi connectivity index (χ3n) is 5.58. The Morgan fingerprint density at radius 2 is 1.71 bits per heavy atom. The second-order valence-electron chi connectivity index (χ2n) is 7.92. The third kappa shape index (κ3) is 4.79. The fourth-order valence-electron chi connectivity index (χ4n) is 3.99. The number of hydrogen-bond donors (Lipinski definition) is 2. The molecule has 0 aliphatic rings. The van der Waals surface area contributed by atoms with Crippen LogP contribution in [0.5, 0.6) is 0 Å². The highest BCUT2D eigenvalue weighted by atomic mass is 16.3. The van der Waals surface area contributed by atoms with Crippen molar-refractivity contribution in [2.75, 3.05) is 5.73 Å². The van der Waals surface area contributed by atoms with Crippen LogP contribution in [0.25, 0.3) is 21.8 Å². The number of nitrogens with two attached hydrogens (primary N) is 1. The van der Waals surface area contributed by atoms with Gasteiger partial charge in [0.1, 0.15) is 5.52 Å². The van der Waals surface area contributed by atoms with E-state index in [9.17, 15) is 5.11 Å². The first-order valence-corrected chi connectivity index (χ1v) is 10.7. The molecule has 1 aromatic carbocycles. The van der Waals surface area contributed by atoms with Crippen molar-refractivity contribution in [1.29, 1.82) is 0 Å². The number of rotatable bonds is 10. The van der Waals surface area contributed by atoms with Crippen LogP contribution >= 0.6 is 0 Å². The number of anilines is 1. The highest BCUT2D eigenvalue weighted by molar-refractivity contribution is 6.09. The van der Waals surface area contributed by atoms with Gasteiger partial charge in [-0.15, -0.1) is 0 Å². The van der Waals surface area contributed by atoms with Crippen LogP contribution in [0.2, 0.25) is 0 Å². The van der Waals surface area contributed by atoms with E-state index in [1.165, 1.54) is 44.9 Å². The summed E-state index contributed by atoms with van der Waals surface area (Å²) in [6.07, 6.45) is 12.1. The number of pyridine rings is 2. The highest BCUT2D eigenvalue weighted by Crippen LogP contribution is 2.34. The summed E-state index contributed by atoms with van der Waals surface area (Å²) in [6.45, 7) is 4.29. The number of hydrogen-bond acceptors (Lipinski definition) is 4. The summed E-state index contributed by atoms with van der Waals surface area (Å²) in [4.78, 5) is 8.96. The largest absolute Gasteiger partial charge is 0.388 e. The van der Waals surface area contributed by atoms with Gasteiger partial charge in [0.05, 0.1) is 11.6 Å². The van der Waals surface area contributed by atoms with Gasteiger partial charge in [0.25, 0.3) is 0 Å². The Hall–Kier alpha value is -2.20. The van der Waals surface area contributed by atoms with Gasteiger partial charge in [-0.3, -0.25) is 4.98 Å². The smallest absolute Gasteiger partial charge is 0.150 e. The number of aromatic nitrogens is 2. The Labute approximate surface area is 168 Å². The lowest BCUT2D eigenvalue weighted by Gasteiger charge is -2.16. The van der Waals surface area contributed by atoms with Gasteiger partial charge in [0, 0.05) is 17.0 Å². The molecule has 28 heavy (non-hydrogen) atoms. The molecule has 3 aromatic rings. The average molecular weight is 380 g/mol. The number of aryl methyl sites for hydroxylation is 1. The molecule has 0 amide bonds. The molecule has 0 saturated heterocycles. The maximum atomic E-state index is 10.9. The number of benzene rings is 1. The molecular weight excluding hydrogens is 346 g/mol. The summed E-state index contributed by atoms with van der Waals surface area (Å²) < 4.78 is 0. The number of nitrogens with zero attached hydrogens (tertiary/aromatic N) is 2. The molecule has 1 atom stereocenters. The van der Waals surface area contributed by atoms with Crippen molar-refractivity contribution >= 4 is 27.6 Å². The molecular formula is C24H33N3O. The van der Waals surface area contributed by atoms with Crippen molar-refractivity contribution in [1.82, 2.24) is 9.97 Å². The second-order valence-corrected chi connectivity index (χ2v) is 7.92. The monoisotopic (exact) mass is 379 g/mol. The Morgan fingerprint density at radius 3 is 2.46 bits per heavy atom. The lowest BCUT2D eigenvalue weighted by atomic mass is 9.96. The topological polar surface area (TPSA) is 72.0 Å². The minimum absolute atomic E-state index is 0.425. The molecule has 0 spiro atoms. The van der Waals surface area contributed by atoms with Crippen LogP contribution in [0.4, 0.5) is 5.82 Å². The second kappa shape index (κ2) is 9.83. The number of nitrogen functional groups attached to an aromatic ring is 1. The zero-order valence-corrected chi connectivity index (χ0v) is 17.2. The van der Waals surface area contributed by atoms with E-state index >= 15 is 0 Å². The van der Waals surface area contributed by atoms with E-state index in [0.717, 1.165) is 40.3 Å². The predicted molar refractivity (Wildman–Crippen MR) is 118 cm³/mol. The Bertz CT molecular complexity index is 923. The van der Waals surface area contributed by atoms with Gasteiger partial charge in [-0.25, -0.2) is 4.98 Å². The first-order chi connectivity index (χ1) is 13.6. The van der Waals surface area contributed by atoms with Gasteiger partial charge in [0.15, 0.2) is 5.82 Å². The summed E-state index contributed by atoms with van der Waals surface area (Å²) in [5.74, 6) is 0.425. The maximum absolute atomic E-state index is 10.9. The van der Waals surface area contributed by atoms with Crippen LogP contribution < -0.4 is 5.73 Å². The van der Waals surface area contributed by atoms with Crippen molar-refractivity contribution in [3.8, 4) is 0 Å². The van der Waals surface area contributed by atoms with Crippen LogP contribution in [0.3, 0.4) is 0 Å². The summed E-state index contributed by atoms with van der Waals surface area (Å²) in [7, 11) is 0. The molecule has 0 fully saturated rings. The highest BCUT2D eigenvalue weighted by Gasteiger charge is 2.16. The van der Waals surface area contributed by atoms with Gasteiger partial charge in [-0.1, -0.05) is 70.4 Å². The molecule has 3 rings (SSSR count). The molecule has 0 aliphatic heterocycles. The quantitative estimate of drug-likeness (QED) is 0.323. The summed E-state index contributed by atoms with van der Waals surface area (Å²) >= 11 is 0. The summed E-state index contributed by atoms with van der Waals surface area (Å²) in [6, 6.07) is 8.10. The number of unbranched alkanes of at least 4 members (excludes halogenated alkanes) is 7. The minimum Gasteiger partial charge on any atom is -0.388 e. The molecule has 2 aromatic heterocycles. The molecule has 0 bridgehead atoms. The molecule has 4 heteroatoms. The van der Waals surface area contributed by atoms with E-state index < -0.39 is 6.10 Å². The van der Waals surface area contributed by atoms with Crippen LogP contribution in [0, 0.1) is 6.92 Å². The standard InChI is InChI=1S/C24H33N3O/c1-3-4-5-6-7-8-9-10-11-21(28)19-14-15-26-23-22(19)18-13-12-17(2)16-20(18)27-24(23)25/h12-16,21,28H,3-11H2,1-2H3,(H2,25,27). The zero-order chi connectivity index (χ0) is 19.9. The van der Waals surface area contributed by atoms with Crippen molar-refractivity contribution in [2.45, 2.75) is 77.7 Å². The lowest BCUT2D eigenvalue weighted by Crippen LogP contribution is -2.03. The van der Waals surface area contributed by atoms with Gasteiger partial charge < -0.3 is 10.8 Å². The van der Waals surface area contributed by atoms with E-state index in [2.05, 4.69) is 29.0 Å². The zero-order valence-electron chi connectivity index (χ0n) is 17.2. The normalized spacial score (nSPS) is 12.7. The first kappa shape index (κ1) is 20.5. The minimum atomic E-state index is -0.503. The summed E-state index contributed by atoms with van der Waals surface area (Å²) in [5, 5.41) is 12.9. The van der Waals surface area contributed by atoms with Gasteiger partial charge >= 0.3 is 0 Å². The molecule has 4 nitrogen and oxygen atoms in total. The molecule has 150 valence electrons. The Kier molecular flexibility index (Phi) is 7.21. The van der Waals surface area contributed by atoms with Crippen LogP contribution in [-0.2, 0) is 0 Å². The third-order valence-corrected chi connectivity index (χ3v) is 5.58. The number of aliphatic hydroxyl groups is 1. The summed E-state index contributed by atoms with van der Waals surface area (Å²) in [5.41, 5.74) is 9.77. The fraction of sp³-hybridized carbons (Fsp3) is 0.500. The molecule has 3 N–H and O–H groups in total. The van der Waals surface area contributed by atoms with Gasteiger partial charge in [0.2, 0.25) is 0 Å². The van der Waals surface area contributed by atoms with E-state index in [1.807, 2.05) is 19.1 Å². The molecule has 1 unspecified atom stereocenters. The average Bonchev–Trinajstić information content (AvgIpc) is 2.69. The molecule has 0 aliphatic carbocycles. The molecule has 0 radical (unpaired) electrons. The van der Waals surface area contributed by atoms with Crippen molar-refractivity contribution in [3.05, 3.63) is 41.6 Å². The van der Waals surface area contributed by atoms with E-state index in [1.54, 1.807) is 6.20 Å². The van der Waals surface area contributed by atoms with Gasteiger partial charge in [-0.05, 0) is 36.6 Å². The Balaban J connectivity index is 1.73. The maximum Gasteiger partial charge on any atom is 0.150 e. The SMILES string of the molecule is CCCCCCCCCCC(O)c1ccnc2c(N)nc3cc(C)ccc3c12. The lowest BCUT2D eigenvalue weighted by molar-refractivity contribution is 0.165. The van der Waals surface area contributed by atoms with E-state index in [0.29, 0.717) is 11.3 Å². The van der Waals surface area contributed by atoms with Crippen molar-refractivity contribution in [3.63, 3.8) is 0 Å². The molecule has 2 heterocycles. The van der Waals surface area contributed by atoms with Crippen LogP contribution in [-0.4, -0.2) is 15.1 Å². The van der Waals surface area contributed by atoms with Crippen LogP contribution in [0.15, 0.2) is 30.5 Å². The first-order valence-electron chi connectivity index (χ1n) is 10.7. The fourth-order valence-corrected chi connectivity index (χ4v) is 3.99. The van der Waals surface area contributed by atoms with Gasteiger partial charge in [-0.2, -0.15) is 0 Å². The van der Waals surface area contributed by atoms with Crippen molar-refractivity contribution in [2.24, 2.45) is 0 Å². The van der Waals surface area contributed by atoms with Crippen molar-refractivity contribution < 1.29 is 5.11 Å². The number of fused-ring (bicyclic) bond motifs is 3. The van der Waals surface area contributed by atoms with E-state index in [4.69, 9.17) is 5.73 Å². The number of aliphatic hydroxyl groups excluding tert-OH is 1.